The number of fused-ring (bicyclic) bond motifs is 1. The second-order valence-corrected chi connectivity index (χ2v) is 5.33. The van der Waals surface area contributed by atoms with Crippen molar-refractivity contribution in [1.82, 2.24) is 0 Å². The fourth-order valence-corrected chi connectivity index (χ4v) is 3.33. The molecule has 1 fully saturated rings. The Labute approximate surface area is 96.8 Å². The van der Waals surface area contributed by atoms with Crippen molar-refractivity contribution in [3.63, 3.8) is 0 Å². The fraction of sp³-hybridized carbons (Fsp3) is 0.571. The van der Waals surface area contributed by atoms with Gasteiger partial charge in [-0.2, -0.15) is 0 Å². The van der Waals surface area contributed by atoms with Gasteiger partial charge in [0, 0.05) is 19.4 Å². The minimum atomic E-state index is 0.578. The Morgan fingerprint density at radius 3 is 2.94 bits per heavy atom. The summed E-state index contributed by atoms with van der Waals surface area (Å²) in [5, 5.41) is 0. The average Bonchev–Trinajstić information content (AvgIpc) is 2.94. The predicted molar refractivity (Wildman–Crippen MR) is 65.5 cm³/mol. The van der Waals surface area contributed by atoms with Crippen LogP contribution in [-0.2, 0) is 11.2 Å². The van der Waals surface area contributed by atoms with Gasteiger partial charge in [-0.15, -0.1) is 0 Å². The van der Waals surface area contributed by atoms with E-state index in [1.54, 1.807) is 7.11 Å². The predicted octanol–water partition coefficient (Wildman–Crippen LogP) is 2.73. The van der Waals surface area contributed by atoms with Crippen LogP contribution in [0.3, 0.4) is 0 Å². The number of anilines is 1. The van der Waals surface area contributed by atoms with Gasteiger partial charge < -0.3 is 10.5 Å². The lowest BCUT2D eigenvalue weighted by molar-refractivity contribution is 0.178. The molecule has 2 N–H and O–H groups in total. The quantitative estimate of drug-likeness (QED) is 0.790. The van der Waals surface area contributed by atoms with E-state index in [1.165, 1.54) is 30.4 Å². The molecule has 0 aromatic heterocycles. The van der Waals surface area contributed by atoms with Crippen LogP contribution >= 0.6 is 0 Å². The third-order valence-electron chi connectivity index (χ3n) is 4.33. The molecule has 1 unspecified atom stereocenters. The molecule has 0 heterocycles. The highest BCUT2D eigenvalue weighted by molar-refractivity contribution is 5.50. The number of nitrogens with two attached hydrogens (primary N) is 1. The van der Waals surface area contributed by atoms with Gasteiger partial charge in [-0.25, -0.2) is 0 Å². The zero-order valence-corrected chi connectivity index (χ0v) is 9.83. The summed E-state index contributed by atoms with van der Waals surface area (Å²) in [7, 11) is 1.79. The van der Waals surface area contributed by atoms with Gasteiger partial charge in [0.05, 0.1) is 0 Å². The number of hydrogen-bond acceptors (Lipinski definition) is 2. The molecular weight excluding hydrogens is 198 g/mol. The molecule has 0 aliphatic heterocycles. The van der Waals surface area contributed by atoms with Crippen LogP contribution in [0.2, 0.25) is 0 Å². The molecule has 86 valence electrons. The first kappa shape index (κ1) is 10.2. The number of ether oxygens (including phenoxy) is 1. The summed E-state index contributed by atoms with van der Waals surface area (Å²) in [4.78, 5) is 0. The molecule has 0 radical (unpaired) electrons. The van der Waals surface area contributed by atoms with Crippen LogP contribution in [0.5, 0.6) is 0 Å². The Balaban J connectivity index is 1.92. The summed E-state index contributed by atoms with van der Waals surface area (Å²) in [5.74, 6) is 0.711. The Morgan fingerprint density at radius 1 is 1.44 bits per heavy atom. The first-order valence-electron chi connectivity index (χ1n) is 6.12. The SMILES string of the molecule is COCCC1c2ccc(N)cc2CC12CC2. The summed E-state index contributed by atoms with van der Waals surface area (Å²) >= 11 is 0. The Bertz CT molecular complexity index is 409. The Morgan fingerprint density at radius 2 is 2.25 bits per heavy atom. The molecule has 1 atom stereocenters. The fourth-order valence-electron chi connectivity index (χ4n) is 3.33. The normalized spacial score (nSPS) is 24.7. The number of rotatable bonds is 3. The molecule has 1 saturated carbocycles. The number of nitrogen functional groups attached to an aromatic ring is 1. The topological polar surface area (TPSA) is 35.2 Å². The van der Waals surface area contributed by atoms with Crippen molar-refractivity contribution in [2.24, 2.45) is 5.41 Å². The molecule has 2 aliphatic carbocycles. The number of benzene rings is 1. The molecule has 1 aromatic carbocycles. The van der Waals surface area contributed by atoms with Crippen molar-refractivity contribution in [3.05, 3.63) is 29.3 Å². The zero-order valence-electron chi connectivity index (χ0n) is 9.83. The van der Waals surface area contributed by atoms with E-state index in [0.717, 1.165) is 18.7 Å². The first-order valence-corrected chi connectivity index (χ1v) is 6.12. The van der Waals surface area contributed by atoms with Crippen LogP contribution in [0, 0.1) is 5.41 Å². The molecule has 3 rings (SSSR count). The van der Waals surface area contributed by atoms with E-state index < -0.39 is 0 Å². The van der Waals surface area contributed by atoms with Crippen LogP contribution in [0.1, 0.15) is 36.3 Å². The van der Waals surface area contributed by atoms with E-state index in [0.29, 0.717) is 11.3 Å². The Kier molecular flexibility index (Phi) is 2.21. The third-order valence-corrected chi connectivity index (χ3v) is 4.33. The van der Waals surface area contributed by atoms with E-state index in [2.05, 4.69) is 12.1 Å². The largest absolute Gasteiger partial charge is 0.399 e. The molecule has 2 heteroatoms. The lowest BCUT2D eigenvalue weighted by Crippen LogP contribution is -2.10. The molecule has 0 amide bonds. The van der Waals surface area contributed by atoms with Crippen LogP contribution < -0.4 is 5.73 Å². The molecule has 1 spiro atoms. The average molecular weight is 217 g/mol. The van der Waals surface area contributed by atoms with Gasteiger partial charge in [-0.05, 0) is 60.3 Å². The molecule has 1 aromatic rings. The lowest BCUT2D eigenvalue weighted by atomic mass is 9.87. The molecule has 0 saturated heterocycles. The maximum atomic E-state index is 5.86. The minimum Gasteiger partial charge on any atom is -0.399 e. The van der Waals surface area contributed by atoms with Crippen molar-refractivity contribution in [2.75, 3.05) is 19.5 Å². The highest BCUT2D eigenvalue weighted by atomic mass is 16.5. The summed E-state index contributed by atoms with van der Waals surface area (Å²) < 4.78 is 5.24. The maximum absolute atomic E-state index is 5.86. The van der Waals surface area contributed by atoms with E-state index in [4.69, 9.17) is 10.5 Å². The highest BCUT2D eigenvalue weighted by Crippen LogP contribution is 2.64. The van der Waals surface area contributed by atoms with Crippen molar-refractivity contribution in [1.29, 1.82) is 0 Å². The lowest BCUT2D eigenvalue weighted by Gasteiger charge is -2.18. The molecule has 16 heavy (non-hydrogen) atoms. The van der Waals surface area contributed by atoms with Gasteiger partial charge >= 0.3 is 0 Å². The molecule has 0 bridgehead atoms. The number of methoxy groups -OCH3 is 1. The maximum Gasteiger partial charge on any atom is 0.0468 e. The summed E-state index contributed by atoms with van der Waals surface area (Å²) in [6.45, 7) is 0.871. The van der Waals surface area contributed by atoms with Crippen LogP contribution in [0.25, 0.3) is 0 Å². The smallest absolute Gasteiger partial charge is 0.0468 e. The zero-order chi connectivity index (χ0) is 11.2. The second kappa shape index (κ2) is 3.49. The van der Waals surface area contributed by atoms with Crippen LogP contribution in [0.15, 0.2) is 18.2 Å². The van der Waals surface area contributed by atoms with Crippen molar-refractivity contribution < 1.29 is 4.74 Å². The van der Waals surface area contributed by atoms with Crippen molar-refractivity contribution in [2.45, 2.75) is 31.6 Å². The van der Waals surface area contributed by atoms with Gasteiger partial charge in [0.2, 0.25) is 0 Å². The molecular formula is C14H19NO. The number of hydrogen-bond donors (Lipinski definition) is 1. The minimum absolute atomic E-state index is 0.578. The standard InChI is InChI=1S/C14H19NO/c1-16-7-4-13-12-3-2-11(15)8-10(12)9-14(13)5-6-14/h2-3,8,13H,4-7,9,15H2,1H3. The van der Waals surface area contributed by atoms with Crippen LogP contribution in [0.4, 0.5) is 5.69 Å². The van der Waals surface area contributed by atoms with E-state index in [-0.39, 0.29) is 0 Å². The second-order valence-electron chi connectivity index (χ2n) is 5.33. The van der Waals surface area contributed by atoms with Crippen LogP contribution in [-0.4, -0.2) is 13.7 Å². The highest BCUT2D eigenvalue weighted by Gasteiger charge is 2.53. The van der Waals surface area contributed by atoms with Gasteiger partial charge in [-0.1, -0.05) is 6.07 Å². The Hall–Kier alpha value is -1.02. The third kappa shape index (κ3) is 1.44. The summed E-state index contributed by atoms with van der Waals surface area (Å²) in [5.41, 5.74) is 10.4. The monoisotopic (exact) mass is 217 g/mol. The van der Waals surface area contributed by atoms with E-state index >= 15 is 0 Å². The van der Waals surface area contributed by atoms with E-state index in [9.17, 15) is 0 Å². The molecule has 2 nitrogen and oxygen atoms in total. The van der Waals surface area contributed by atoms with Gasteiger partial charge in [-0.3, -0.25) is 0 Å². The summed E-state index contributed by atoms with van der Waals surface area (Å²) in [6, 6.07) is 6.44. The first-order chi connectivity index (χ1) is 7.75. The van der Waals surface area contributed by atoms with E-state index in [1.807, 2.05) is 6.07 Å². The van der Waals surface area contributed by atoms with Gasteiger partial charge in [0.25, 0.3) is 0 Å². The summed E-state index contributed by atoms with van der Waals surface area (Å²) in [6.07, 6.45) is 5.17. The van der Waals surface area contributed by atoms with Gasteiger partial charge in [0.1, 0.15) is 0 Å². The van der Waals surface area contributed by atoms with Gasteiger partial charge in [0.15, 0.2) is 0 Å². The van der Waals surface area contributed by atoms with Crippen molar-refractivity contribution >= 4 is 5.69 Å². The van der Waals surface area contributed by atoms with Crippen molar-refractivity contribution in [3.8, 4) is 0 Å². The molecule has 2 aliphatic rings.